The van der Waals surface area contributed by atoms with Crippen molar-refractivity contribution in [2.75, 3.05) is 19.6 Å². The van der Waals surface area contributed by atoms with E-state index >= 15 is 0 Å². The lowest BCUT2D eigenvalue weighted by Crippen LogP contribution is -2.53. The van der Waals surface area contributed by atoms with Gasteiger partial charge in [-0.25, -0.2) is 9.78 Å². The number of hydrogen-bond acceptors (Lipinski definition) is 4. The molecular formula is C14H20N4O3. The summed E-state index contributed by atoms with van der Waals surface area (Å²) in [6, 6.07) is 0. The first-order valence-corrected chi connectivity index (χ1v) is 7.36. The maximum atomic E-state index is 12.5. The van der Waals surface area contributed by atoms with Gasteiger partial charge in [0.2, 0.25) is 5.91 Å². The number of ether oxygens (including phenoxy) is 1. The number of alkyl carbamates (subject to hydrolysis) is 1. The average molecular weight is 292 g/mol. The number of likely N-dealkylation sites (tertiary alicyclic amines) is 1. The number of carbonyl (C=O) groups excluding carboxylic acids is 2. The van der Waals surface area contributed by atoms with Gasteiger partial charge in [0.15, 0.2) is 0 Å². The first-order chi connectivity index (χ1) is 10.1. The number of nitrogens with zero attached hydrogens (tertiary/aromatic N) is 3. The zero-order valence-corrected chi connectivity index (χ0v) is 12.2. The van der Waals surface area contributed by atoms with Crippen molar-refractivity contribution in [3.05, 3.63) is 18.2 Å². The molecule has 1 unspecified atom stereocenters. The van der Waals surface area contributed by atoms with E-state index in [1.807, 2.05) is 17.7 Å². The summed E-state index contributed by atoms with van der Waals surface area (Å²) in [4.78, 5) is 29.8. The topological polar surface area (TPSA) is 76.5 Å². The Morgan fingerprint density at radius 2 is 2.43 bits per heavy atom. The molecule has 114 valence electrons. The van der Waals surface area contributed by atoms with E-state index in [-0.39, 0.29) is 12.0 Å². The second kappa shape index (κ2) is 5.38. The van der Waals surface area contributed by atoms with Crippen LogP contribution >= 0.6 is 0 Å². The van der Waals surface area contributed by atoms with Gasteiger partial charge in [-0.2, -0.15) is 0 Å². The summed E-state index contributed by atoms with van der Waals surface area (Å²) in [5.74, 6) is 0.953. The second-order valence-electron chi connectivity index (χ2n) is 5.67. The quantitative estimate of drug-likeness (QED) is 0.882. The predicted octanol–water partition coefficient (Wildman–Crippen LogP) is 0.547. The Morgan fingerprint density at radius 3 is 3.14 bits per heavy atom. The van der Waals surface area contributed by atoms with Crippen molar-refractivity contribution in [2.45, 2.75) is 38.3 Å². The van der Waals surface area contributed by atoms with Gasteiger partial charge in [-0.3, -0.25) is 4.79 Å². The number of carbonyl (C=O) groups is 2. The molecule has 0 radical (unpaired) electrons. The van der Waals surface area contributed by atoms with Gasteiger partial charge in [0, 0.05) is 25.4 Å². The molecule has 21 heavy (non-hydrogen) atoms. The van der Waals surface area contributed by atoms with Crippen LogP contribution < -0.4 is 5.32 Å². The number of aromatic nitrogens is 2. The highest BCUT2D eigenvalue weighted by Gasteiger charge is 2.44. The molecule has 0 bridgehead atoms. The molecule has 1 aromatic heterocycles. The van der Waals surface area contributed by atoms with Crippen LogP contribution in [-0.2, 0) is 22.5 Å². The largest absolute Gasteiger partial charge is 0.439 e. The molecule has 1 spiro atoms. The highest BCUT2D eigenvalue weighted by Crippen LogP contribution is 2.28. The number of hydrogen-bond donors (Lipinski definition) is 1. The normalized spacial score (nSPS) is 25.0. The van der Waals surface area contributed by atoms with Gasteiger partial charge in [-0.15, -0.1) is 0 Å². The van der Waals surface area contributed by atoms with Gasteiger partial charge in [-0.05, 0) is 12.8 Å². The molecule has 3 rings (SSSR count). The van der Waals surface area contributed by atoms with Crippen LogP contribution in [0.5, 0.6) is 0 Å². The van der Waals surface area contributed by atoms with Gasteiger partial charge in [0.1, 0.15) is 18.0 Å². The fraction of sp³-hybridized carbons (Fsp3) is 0.643. The fourth-order valence-corrected chi connectivity index (χ4v) is 3.08. The van der Waals surface area contributed by atoms with E-state index in [2.05, 4.69) is 10.3 Å². The maximum absolute atomic E-state index is 12.5. The first-order valence-electron chi connectivity index (χ1n) is 7.36. The summed E-state index contributed by atoms with van der Waals surface area (Å²) in [6.45, 7) is 3.99. The van der Waals surface area contributed by atoms with Crippen molar-refractivity contribution in [3.8, 4) is 0 Å². The number of piperidine rings is 1. The van der Waals surface area contributed by atoms with Crippen molar-refractivity contribution in [2.24, 2.45) is 0 Å². The molecule has 0 saturated carbocycles. The SMILES string of the molecule is CCc1nccn1CC(=O)N1CCCC2(CNC(=O)O2)C1. The van der Waals surface area contributed by atoms with Crippen LogP contribution in [-0.4, -0.2) is 51.7 Å². The Labute approximate surface area is 123 Å². The molecule has 0 aliphatic carbocycles. The molecule has 2 aliphatic rings. The van der Waals surface area contributed by atoms with Crippen molar-refractivity contribution in [1.29, 1.82) is 0 Å². The van der Waals surface area contributed by atoms with Crippen molar-refractivity contribution < 1.29 is 14.3 Å². The second-order valence-corrected chi connectivity index (χ2v) is 5.67. The lowest BCUT2D eigenvalue weighted by atomic mass is 9.93. The third kappa shape index (κ3) is 2.72. The molecule has 1 atom stereocenters. The van der Waals surface area contributed by atoms with Gasteiger partial charge in [-0.1, -0.05) is 6.92 Å². The van der Waals surface area contributed by atoms with E-state index in [1.54, 1.807) is 11.1 Å². The van der Waals surface area contributed by atoms with E-state index in [0.717, 1.165) is 25.1 Å². The standard InChI is InChI=1S/C14H20N4O3/c1-2-11-15-5-7-17(11)8-12(19)18-6-3-4-14(10-18)9-16-13(20)21-14/h5,7H,2-4,6,8-10H2,1H3,(H,16,20). The summed E-state index contributed by atoms with van der Waals surface area (Å²) in [5.41, 5.74) is -0.534. The van der Waals surface area contributed by atoms with Crippen LogP contribution in [0.3, 0.4) is 0 Å². The number of amides is 2. The highest BCUT2D eigenvalue weighted by atomic mass is 16.6. The Morgan fingerprint density at radius 1 is 1.57 bits per heavy atom. The number of aryl methyl sites for hydroxylation is 1. The third-order valence-electron chi connectivity index (χ3n) is 4.18. The monoisotopic (exact) mass is 292 g/mol. The highest BCUT2D eigenvalue weighted by molar-refractivity contribution is 5.77. The Kier molecular flexibility index (Phi) is 3.57. The molecule has 7 heteroatoms. The summed E-state index contributed by atoms with van der Waals surface area (Å²) in [7, 11) is 0. The van der Waals surface area contributed by atoms with Crippen LogP contribution in [0.15, 0.2) is 12.4 Å². The smallest absolute Gasteiger partial charge is 0.407 e. The van der Waals surface area contributed by atoms with Crippen LogP contribution in [0.4, 0.5) is 4.79 Å². The predicted molar refractivity (Wildman–Crippen MR) is 74.6 cm³/mol. The van der Waals surface area contributed by atoms with Crippen molar-refractivity contribution in [1.82, 2.24) is 19.8 Å². The van der Waals surface area contributed by atoms with Gasteiger partial charge in [0.25, 0.3) is 0 Å². The summed E-state index contributed by atoms with van der Waals surface area (Å²) < 4.78 is 7.26. The number of rotatable bonds is 3. The minimum absolute atomic E-state index is 0.0460. The lowest BCUT2D eigenvalue weighted by Gasteiger charge is -2.38. The van der Waals surface area contributed by atoms with Crippen LogP contribution in [0.2, 0.25) is 0 Å². The van der Waals surface area contributed by atoms with Gasteiger partial charge >= 0.3 is 6.09 Å². The van der Waals surface area contributed by atoms with Crippen LogP contribution in [0, 0.1) is 0 Å². The average Bonchev–Trinajstić information content (AvgIpc) is 3.06. The summed E-state index contributed by atoms with van der Waals surface area (Å²) in [6.07, 6.45) is 5.62. The maximum Gasteiger partial charge on any atom is 0.407 e. The third-order valence-corrected chi connectivity index (χ3v) is 4.18. The van der Waals surface area contributed by atoms with Gasteiger partial charge in [0.05, 0.1) is 13.1 Å². The number of imidazole rings is 1. The Balaban J connectivity index is 1.66. The lowest BCUT2D eigenvalue weighted by molar-refractivity contribution is -0.137. The molecular weight excluding hydrogens is 272 g/mol. The zero-order valence-electron chi connectivity index (χ0n) is 12.2. The Bertz CT molecular complexity index is 556. The molecule has 1 N–H and O–H groups in total. The zero-order chi connectivity index (χ0) is 14.9. The molecule has 0 aromatic carbocycles. The van der Waals surface area contributed by atoms with E-state index in [0.29, 0.717) is 26.2 Å². The molecule has 2 amide bonds. The molecule has 3 heterocycles. The fourth-order valence-electron chi connectivity index (χ4n) is 3.08. The van der Waals surface area contributed by atoms with E-state index in [1.165, 1.54) is 0 Å². The van der Waals surface area contributed by atoms with E-state index < -0.39 is 5.60 Å². The molecule has 2 saturated heterocycles. The summed E-state index contributed by atoms with van der Waals surface area (Å²) in [5, 5.41) is 2.69. The van der Waals surface area contributed by atoms with Gasteiger partial charge < -0.3 is 19.5 Å². The van der Waals surface area contributed by atoms with Crippen molar-refractivity contribution >= 4 is 12.0 Å². The van der Waals surface area contributed by atoms with E-state index in [4.69, 9.17) is 4.74 Å². The molecule has 2 fully saturated rings. The summed E-state index contributed by atoms with van der Waals surface area (Å²) >= 11 is 0. The Hall–Kier alpha value is -2.05. The molecule has 1 aromatic rings. The van der Waals surface area contributed by atoms with Crippen LogP contribution in [0.1, 0.15) is 25.6 Å². The van der Waals surface area contributed by atoms with Crippen molar-refractivity contribution in [3.63, 3.8) is 0 Å². The minimum atomic E-state index is -0.534. The number of nitrogens with one attached hydrogen (secondary N) is 1. The minimum Gasteiger partial charge on any atom is -0.439 e. The van der Waals surface area contributed by atoms with E-state index in [9.17, 15) is 9.59 Å². The van der Waals surface area contributed by atoms with Crippen LogP contribution in [0.25, 0.3) is 0 Å². The first kappa shape index (κ1) is 13.9. The molecule has 7 nitrogen and oxygen atoms in total. The molecule has 2 aliphatic heterocycles.